The lowest BCUT2D eigenvalue weighted by atomic mass is 9.79. The first-order valence-corrected chi connectivity index (χ1v) is 6.57. The normalized spacial score (nSPS) is 28.0. The van der Waals surface area contributed by atoms with Crippen LogP contribution in [0.25, 0.3) is 0 Å². The van der Waals surface area contributed by atoms with Gasteiger partial charge in [-0.15, -0.1) is 0 Å². The fraction of sp³-hybridized carbons (Fsp3) is 0.923. The maximum atomic E-state index is 6.00. The first kappa shape index (κ1) is 12.5. The highest BCUT2D eigenvalue weighted by molar-refractivity contribution is 5.82. The Bertz CT molecular complexity index is 191. The molecular formula is C13H26N2. The number of amidine groups is 1. The highest BCUT2D eigenvalue weighted by atomic mass is 14.9. The summed E-state index contributed by atoms with van der Waals surface area (Å²) in [6, 6.07) is 0. The van der Waals surface area contributed by atoms with E-state index >= 15 is 0 Å². The Morgan fingerprint density at radius 3 is 2.33 bits per heavy atom. The second-order valence-corrected chi connectivity index (χ2v) is 4.81. The molecule has 0 aromatic carbocycles. The van der Waals surface area contributed by atoms with Crippen molar-refractivity contribution >= 4 is 5.84 Å². The van der Waals surface area contributed by atoms with Crippen LogP contribution in [0.2, 0.25) is 0 Å². The van der Waals surface area contributed by atoms with Crippen LogP contribution in [0.15, 0.2) is 4.99 Å². The van der Waals surface area contributed by atoms with Gasteiger partial charge in [-0.2, -0.15) is 0 Å². The van der Waals surface area contributed by atoms with E-state index in [1.165, 1.54) is 38.5 Å². The zero-order valence-electron chi connectivity index (χ0n) is 10.3. The molecule has 15 heavy (non-hydrogen) atoms. The smallest absolute Gasteiger partial charge is 0.0968 e. The summed E-state index contributed by atoms with van der Waals surface area (Å²) in [7, 11) is 0. The van der Waals surface area contributed by atoms with Gasteiger partial charge < -0.3 is 5.73 Å². The van der Waals surface area contributed by atoms with Gasteiger partial charge in [-0.25, -0.2) is 0 Å². The Morgan fingerprint density at radius 1 is 1.13 bits per heavy atom. The van der Waals surface area contributed by atoms with Gasteiger partial charge in [0.15, 0.2) is 0 Å². The van der Waals surface area contributed by atoms with Crippen LogP contribution >= 0.6 is 0 Å². The van der Waals surface area contributed by atoms with Crippen LogP contribution in [0.4, 0.5) is 0 Å². The number of aliphatic imine (C=N–C) groups is 1. The van der Waals surface area contributed by atoms with Gasteiger partial charge in [-0.1, -0.05) is 26.7 Å². The molecule has 2 heteroatoms. The molecule has 0 amide bonds. The van der Waals surface area contributed by atoms with Gasteiger partial charge >= 0.3 is 0 Å². The molecule has 2 nitrogen and oxygen atoms in total. The summed E-state index contributed by atoms with van der Waals surface area (Å²) in [5.41, 5.74) is 6.00. The molecule has 1 aliphatic carbocycles. The molecule has 88 valence electrons. The first-order chi connectivity index (χ1) is 7.27. The number of rotatable bonds is 5. The number of nitrogens with zero attached hydrogens (tertiary/aromatic N) is 1. The molecule has 0 aliphatic heterocycles. The molecule has 0 aromatic rings. The fourth-order valence-corrected chi connectivity index (χ4v) is 2.53. The van der Waals surface area contributed by atoms with Crippen molar-refractivity contribution in [2.75, 3.05) is 6.54 Å². The SMILES string of the molecule is CCCN=C(N)C1CCC(CCC)CC1. The van der Waals surface area contributed by atoms with Crippen LogP contribution in [0.1, 0.15) is 58.8 Å². The van der Waals surface area contributed by atoms with Gasteiger partial charge in [0.2, 0.25) is 0 Å². The summed E-state index contributed by atoms with van der Waals surface area (Å²) in [5, 5.41) is 0. The molecule has 2 N–H and O–H groups in total. The summed E-state index contributed by atoms with van der Waals surface area (Å²) >= 11 is 0. The predicted octanol–water partition coefficient (Wildman–Crippen LogP) is 3.36. The highest BCUT2D eigenvalue weighted by Gasteiger charge is 2.22. The van der Waals surface area contributed by atoms with E-state index in [1.54, 1.807) is 0 Å². The van der Waals surface area contributed by atoms with Crippen molar-refractivity contribution in [3.8, 4) is 0 Å². The van der Waals surface area contributed by atoms with Gasteiger partial charge in [-0.05, 0) is 38.0 Å². The summed E-state index contributed by atoms with van der Waals surface area (Å²) in [6.45, 7) is 5.33. The van der Waals surface area contributed by atoms with Crippen molar-refractivity contribution in [1.29, 1.82) is 0 Å². The number of hydrogen-bond donors (Lipinski definition) is 1. The van der Waals surface area contributed by atoms with Crippen LogP contribution in [0.3, 0.4) is 0 Å². The van der Waals surface area contributed by atoms with Crippen LogP contribution < -0.4 is 5.73 Å². The van der Waals surface area contributed by atoms with Crippen LogP contribution in [0, 0.1) is 11.8 Å². The molecular weight excluding hydrogens is 184 g/mol. The Morgan fingerprint density at radius 2 is 1.80 bits per heavy atom. The van der Waals surface area contributed by atoms with Crippen LogP contribution in [0.5, 0.6) is 0 Å². The van der Waals surface area contributed by atoms with E-state index in [-0.39, 0.29) is 0 Å². The van der Waals surface area contributed by atoms with Crippen molar-refractivity contribution in [3.05, 3.63) is 0 Å². The summed E-state index contributed by atoms with van der Waals surface area (Å²) in [5.74, 6) is 2.47. The van der Waals surface area contributed by atoms with E-state index in [1.807, 2.05) is 0 Å². The Labute approximate surface area is 94.3 Å². The van der Waals surface area contributed by atoms with E-state index in [2.05, 4.69) is 18.8 Å². The Balaban J connectivity index is 2.30. The summed E-state index contributed by atoms with van der Waals surface area (Å²) < 4.78 is 0. The monoisotopic (exact) mass is 210 g/mol. The molecule has 0 spiro atoms. The molecule has 1 fully saturated rings. The third-order valence-corrected chi connectivity index (χ3v) is 3.48. The number of nitrogens with two attached hydrogens (primary N) is 1. The van der Waals surface area contributed by atoms with Crippen molar-refractivity contribution in [1.82, 2.24) is 0 Å². The average molecular weight is 210 g/mol. The molecule has 0 heterocycles. The molecule has 0 saturated heterocycles. The summed E-state index contributed by atoms with van der Waals surface area (Å²) in [6.07, 6.45) is 9.09. The molecule has 0 unspecified atom stereocenters. The zero-order valence-corrected chi connectivity index (χ0v) is 10.3. The minimum atomic E-state index is 0.588. The van der Waals surface area contributed by atoms with E-state index in [9.17, 15) is 0 Å². The maximum absolute atomic E-state index is 6.00. The maximum Gasteiger partial charge on any atom is 0.0968 e. The van der Waals surface area contributed by atoms with Gasteiger partial charge in [-0.3, -0.25) is 4.99 Å². The minimum absolute atomic E-state index is 0.588. The largest absolute Gasteiger partial charge is 0.387 e. The van der Waals surface area contributed by atoms with Crippen molar-refractivity contribution in [3.63, 3.8) is 0 Å². The minimum Gasteiger partial charge on any atom is -0.387 e. The quantitative estimate of drug-likeness (QED) is 0.548. The highest BCUT2D eigenvalue weighted by Crippen LogP contribution is 2.31. The van der Waals surface area contributed by atoms with Gasteiger partial charge in [0, 0.05) is 12.5 Å². The molecule has 1 aliphatic rings. The Kier molecular flexibility index (Phi) is 5.74. The predicted molar refractivity (Wildman–Crippen MR) is 67.1 cm³/mol. The van der Waals surface area contributed by atoms with Crippen molar-refractivity contribution < 1.29 is 0 Å². The topological polar surface area (TPSA) is 38.4 Å². The van der Waals surface area contributed by atoms with E-state index in [4.69, 9.17) is 5.73 Å². The van der Waals surface area contributed by atoms with Gasteiger partial charge in [0.05, 0.1) is 5.84 Å². The lowest BCUT2D eigenvalue weighted by Crippen LogP contribution is -2.28. The van der Waals surface area contributed by atoms with E-state index in [0.29, 0.717) is 5.92 Å². The van der Waals surface area contributed by atoms with Gasteiger partial charge in [0.25, 0.3) is 0 Å². The third-order valence-electron chi connectivity index (χ3n) is 3.48. The second kappa shape index (κ2) is 6.86. The fourth-order valence-electron chi connectivity index (χ4n) is 2.53. The standard InChI is InChI=1S/C13H26N2/c1-3-5-11-6-8-12(9-7-11)13(14)15-10-4-2/h11-12H,3-10H2,1-2H3,(H2,14,15). The van der Waals surface area contributed by atoms with Crippen molar-refractivity contribution in [2.45, 2.75) is 58.8 Å². The lowest BCUT2D eigenvalue weighted by molar-refractivity contribution is 0.303. The van der Waals surface area contributed by atoms with Crippen LogP contribution in [-0.2, 0) is 0 Å². The second-order valence-electron chi connectivity index (χ2n) is 4.81. The zero-order chi connectivity index (χ0) is 11.1. The molecule has 1 rings (SSSR count). The first-order valence-electron chi connectivity index (χ1n) is 6.57. The van der Waals surface area contributed by atoms with E-state index < -0.39 is 0 Å². The Hall–Kier alpha value is -0.530. The number of hydrogen-bond acceptors (Lipinski definition) is 1. The van der Waals surface area contributed by atoms with Gasteiger partial charge in [0.1, 0.15) is 0 Å². The molecule has 0 atom stereocenters. The van der Waals surface area contributed by atoms with Crippen LogP contribution in [-0.4, -0.2) is 12.4 Å². The third kappa shape index (κ3) is 4.23. The summed E-state index contributed by atoms with van der Waals surface area (Å²) in [4.78, 5) is 4.43. The average Bonchev–Trinajstić information content (AvgIpc) is 2.27. The lowest BCUT2D eigenvalue weighted by Gasteiger charge is -2.27. The molecule has 0 aromatic heterocycles. The van der Waals surface area contributed by atoms with E-state index in [0.717, 1.165) is 24.7 Å². The molecule has 1 saturated carbocycles. The van der Waals surface area contributed by atoms with Crippen molar-refractivity contribution in [2.24, 2.45) is 22.6 Å². The molecule has 0 bridgehead atoms. The molecule has 0 radical (unpaired) electrons.